The van der Waals surface area contributed by atoms with Crippen molar-refractivity contribution < 1.29 is 4.79 Å². The topological polar surface area (TPSA) is 40.9 Å². The van der Waals surface area contributed by atoms with Crippen molar-refractivity contribution in [2.45, 2.75) is 17.6 Å². The summed E-state index contributed by atoms with van der Waals surface area (Å²) in [7, 11) is 0. The first-order valence-corrected chi connectivity index (χ1v) is 10.9. The molecule has 0 amide bonds. The molecule has 0 saturated heterocycles. The Kier molecular flexibility index (Phi) is 5.45. The third kappa shape index (κ3) is 3.35. The van der Waals surface area contributed by atoms with Crippen LogP contribution < -0.4 is 0 Å². The number of halogens is 1. The van der Waals surface area contributed by atoms with Crippen LogP contribution in [0.15, 0.2) is 89.4 Å². The molecular formula is C25H18BrNOS. The van der Waals surface area contributed by atoms with Gasteiger partial charge in [0.1, 0.15) is 0 Å². The van der Waals surface area contributed by atoms with E-state index in [1.54, 1.807) is 0 Å². The Morgan fingerprint density at radius 2 is 1.52 bits per heavy atom. The molecule has 0 saturated carbocycles. The van der Waals surface area contributed by atoms with E-state index >= 15 is 0 Å². The second-order valence-electron chi connectivity index (χ2n) is 7.02. The van der Waals surface area contributed by atoms with E-state index in [1.165, 1.54) is 11.8 Å². The molecule has 4 heteroatoms. The zero-order valence-electron chi connectivity index (χ0n) is 15.8. The Labute approximate surface area is 183 Å². The highest BCUT2D eigenvalue weighted by Crippen LogP contribution is 2.62. The lowest BCUT2D eigenvalue weighted by atomic mass is 9.74. The molecule has 0 bridgehead atoms. The third-order valence-electron chi connectivity index (χ3n) is 5.24. The molecule has 0 aliphatic carbocycles. The van der Waals surface area contributed by atoms with Crippen LogP contribution in [-0.4, -0.2) is 5.12 Å². The van der Waals surface area contributed by atoms with Crippen LogP contribution in [0.5, 0.6) is 0 Å². The molecule has 4 rings (SSSR count). The summed E-state index contributed by atoms with van der Waals surface area (Å²) in [6.45, 7) is 2.03. The molecule has 1 aliphatic rings. The summed E-state index contributed by atoms with van der Waals surface area (Å²) in [4.78, 5) is 13.0. The van der Waals surface area contributed by atoms with Gasteiger partial charge in [0.2, 0.25) is 5.12 Å². The number of carbonyl (C=O) groups is 1. The minimum absolute atomic E-state index is 0.0555. The molecule has 1 aliphatic heterocycles. The lowest BCUT2D eigenvalue weighted by molar-refractivity contribution is -0.107. The zero-order valence-corrected chi connectivity index (χ0v) is 18.2. The summed E-state index contributed by atoms with van der Waals surface area (Å²) in [6.07, 6.45) is 0. The van der Waals surface area contributed by atoms with Crippen LogP contribution in [0.3, 0.4) is 0 Å². The standard InChI is InChI=1S/C25H18BrNOS/c1-17-12-14-18(15-13-17)21(16-27)25(20-10-6-3-7-11-20)22(23(26)24(28)29-25)19-8-4-2-5-9-19/h2-15,21H,1H3. The summed E-state index contributed by atoms with van der Waals surface area (Å²) in [5, 5.41) is 10.3. The highest BCUT2D eigenvalue weighted by molar-refractivity contribution is 9.12. The Balaban J connectivity index is 2.04. The maximum Gasteiger partial charge on any atom is 0.227 e. The molecular weight excluding hydrogens is 442 g/mol. The predicted molar refractivity (Wildman–Crippen MR) is 123 cm³/mol. The van der Waals surface area contributed by atoms with Crippen LogP contribution in [0.2, 0.25) is 0 Å². The fourth-order valence-corrected chi connectivity index (χ4v) is 6.15. The largest absolute Gasteiger partial charge is 0.281 e. The molecule has 0 N–H and O–H groups in total. The van der Waals surface area contributed by atoms with Gasteiger partial charge in [0, 0.05) is 5.57 Å². The van der Waals surface area contributed by atoms with Crippen LogP contribution in [0, 0.1) is 18.3 Å². The lowest BCUT2D eigenvalue weighted by Crippen LogP contribution is -2.30. The van der Waals surface area contributed by atoms with Gasteiger partial charge < -0.3 is 0 Å². The maximum absolute atomic E-state index is 13.0. The number of benzene rings is 3. The third-order valence-corrected chi connectivity index (χ3v) is 7.64. The highest BCUT2D eigenvalue weighted by Gasteiger charge is 2.53. The summed E-state index contributed by atoms with van der Waals surface area (Å²) in [5.41, 5.74) is 4.77. The smallest absolute Gasteiger partial charge is 0.227 e. The number of aryl methyl sites for hydroxylation is 1. The van der Waals surface area contributed by atoms with Gasteiger partial charge in [-0.05, 0) is 39.5 Å². The van der Waals surface area contributed by atoms with Gasteiger partial charge in [0.05, 0.1) is 21.2 Å². The number of thioether (sulfide) groups is 1. The van der Waals surface area contributed by atoms with Crippen molar-refractivity contribution in [1.82, 2.24) is 0 Å². The number of nitriles is 1. The van der Waals surface area contributed by atoms with E-state index in [2.05, 4.69) is 22.0 Å². The Bertz CT molecular complexity index is 1120. The van der Waals surface area contributed by atoms with Crippen molar-refractivity contribution in [3.8, 4) is 6.07 Å². The quantitative estimate of drug-likeness (QED) is 0.442. The molecule has 0 radical (unpaired) electrons. The molecule has 2 nitrogen and oxygen atoms in total. The molecule has 29 heavy (non-hydrogen) atoms. The Hall–Kier alpha value is -2.61. The van der Waals surface area contributed by atoms with E-state index in [-0.39, 0.29) is 5.12 Å². The van der Waals surface area contributed by atoms with Crippen LogP contribution in [0.4, 0.5) is 0 Å². The number of hydrogen-bond donors (Lipinski definition) is 0. The van der Waals surface area contributed by atoms with E-state index < -0.39 is 10.7 Å². The number of rotatable bonds is 4. The van der Waals surface area contributed by atoms with Gasteiger partial charge in [-0.25, -0.2) is 0 Å². The zero-order chi connectivity index (χ0) is 20.4. The van der Waals surface area contributed by atoms with Gasteiger partial charge in [0.15, 0.2) is 0 Å². The Morgan fingerprint density at radius 3 is 2.10 bits per heavy atom. The summed E-state index contributed by atoms with van der Waals surface area (Å²) in [6, 6.07) is 30.3. The first-order valence-electron chi connectivity index (χ1n) is 9.28. The number of carbonyl (C=O) groups excluding carboxylic acids is 1. The molecule has 0 spiro atoms. The van der Waals surface area contributed by atoms with Gasteiger partial charge >= 0.3 is 0 Å². The fraction of sp³-hybridized carbons (Fsp3) is 0.120. The van der Waals surface area contributed by atoms with Crippen molar-refractivity contribution in [2.24, 2.45) is 0 Å². The van der Waals surface area contributed by atoms with E-state index in [9.17, 15) is 10.1 Å². The monoisotopic (exact) mass is 459 g/mol. The maximum atomic E-state index is 13.0. The second-order valence-corrected chi connectivity index (χ2v) is 9.03. The van der Waals surface area contributed by atoms with E-state index in [4.69, 9.17) is 0 Å². The summed E-state index contributed by atoms with van der Waals surface area (Å²) in [5.74, 6) is -0.537. The molecule has 142 valence electrons. The summed E-state index contributed by atoms with van der Waals surface area (Å²) < 4.78 is -0.312. The van der Waals surface area contributed by atoms with Crippen LogP contribution in [0.1, 0.15) is 28.2 Å². The normalized spacial score (nSPS) is 19.8. The highest BCUT2D eigenvalue weighted by atomic mass is 79.9. The molecule has 3 aromatic rings. The Morgan fingerprint density at radius 1 is 0.931 bits per heavy atom. The van der Waals surface area contributed by atoms with Crippen LogP contribution in [0.25, 0.3) is 5.57 Å². The predicted octanol–water partition coefficient (Wildman–Crippen LogP) is 6.58. The number of hydrogen-bond acceptors (Lipinski definition) is 3. The van der Waals surface area contributed by atoms with E-state index in [0.29, 0.717) is 4.48 Å². The van der Waals surface area contributed by atoms with E-state index in [1.807, 2.05) is 91.9 Å². The average Bonchev–Trinajstić information content (AvgIpc) is 3.02. The van der Waals surface area contributed by atoms with Crippen molar-refractivity contribution >= 4 is 38.4 Å². The van der Waals surface area contributed by atoms with Crippen LogP contribution in [-0.2, 0) is 9.54 Å². The lowest BCUT2D eigenvalue weighted by Gasteiger charge is -2.36. The van der Waals surface area contributed by atoms with Gasteiger partial charge in [-0.3, -0.25) is 4.79 Å². The van der Waals surface area contributed by atoms with E-state index in [0.717, 1.165) is 27.8 Å². The average molecular weight is 460 g/mol. The number of nitrogens with zero attached hydrogens (tertiary/aromatic N) is 1. The molecule has 3 aromatic carbocycles. The van der Waals surface area contributed by atoms with Crippen LogP contribution >= 0.6 is 27.7 Å². The molecule has 1 heterocycles. The summed E-state index contributed by atoms with van der Waals surface area (Å²) >= 11 is 4.79. The van der Waals surface area contributed by atoms with Crippen molar-refractivity contribution in [1.29, 1.82) is 5.26 Å². The molecule has 2 atom stereocenters. The van der Waals surface area contributed by atoms with Crippen molar-refractivity contribution in [3.05, 3.63) is 112 Å². The van der Waals surface area contributed by atoms with Crippen molar-refractivity contribution in [2.75, 3.05) is 0 Å². The fourth-order valence-electron chi connectivity index (χ4n) is 3.87. The van der Waals surface area contributed by atoms with Gasteiger partial charge in [0.25, 0.3) is 0 Å². The first-order chi connectivity index (χ1) is 14.1. The molecule has 2 unspecified atom stereocenters. The minimum Gasteiger partial charge on any atom is -0.281 e. The van der Waals surface area contributed by atoms with Gasteiger partial charge in [-0.1, -0.05) is 102 Å². The second kappa shape index (κ2) is 8.02. The van der Waals surface area contributed by atoms with Gasteiger partial charge in [-0.15, -0.1) is 0 Å². The SMILES string of the molecule is Cc1ccc(C(C#N)C2(c3ccccc3)SC(=O)C(Br)=C2c2ccccc2)cc1. The molecule has 0 aromatic heterocycles. The van der Waals surface area contributed by atoms with Crippen molar-refractivity contribution in [3.63, 3.8) is 0 Å². The van der Waals surface area contributed by atoms with Gasteiger partial charge in [-0.2, -0.15) is 5.26 Å². The minimum atomic E-state index is -0.845. The first kappa shape index (κ1) is 19.7. The molecule has 0 fully saturated rings.